The Labute approximate surface area is 139 Å². The maximum atomic E-state index is 11.4. The minimum atomic E-state index is -0.495. The number of alkyl carbamates (subject to hydrolysis) is 1. The third kappa shape index (κ3) is 14.9. The van der Waals surface area contributed by atoms with Gasteiger partial charge in [-0.2, -0.15) is 0 Å². The smallest absolute Gasteiger partial charge is 0.407 e. The lowest BCUT2D eigenvalue weighted by Crippen LogP contribution is -2.34. The molecule has 0 aliphatic heterocycles. The lowest BCUT2D eigenvalue weighted by molar-refractivity contribution is -0.120. The molecule has 0 aromatic heterocycles. The summed E-state index contributed by atoms with van der Waals surface area (Å²) >= 11 is 0. The summed E-state index contributed by atoms with van der Waals surface area (Å²) in [6.07, 6.45) is 3.71. The van der Waals surface area contributed by atoms with Gasteiger partial charge in [-0.25, -0.2) is 4.79 Å². The Morgan fingerprint density at radius 2 is 1.83 bits per heavy atom. The summed E-state index contributed by atoms with van der Waals surface area (Å²) in [6.45, 7) is 14.2. The van der Waals surface area contributed by atoms with Crippen LogP contribution in [0.3, 0.4) is 0 Å². The lowest BCUT2D eigenvalue weighted by atomic mass is 10.1. The zero-order valence-electron chi connectivity index (χ0n) is 14.6. The van der Waals surface area contributed by atoms with E-state index in [9.17, 15) is 9.59 Å². The molecular formula is C17H30N2O4. The summed E-state index contributed by atoms with van der Waals surface area (Å²) in [4.78, 5) is 22.6. The van der Waals surface area contributed by atoms with Gasteiger partial charge in [0.2, 0.25) is 5.91 Å². The molecule has 0 aliphatic rings. The molecule has 6 heteroatoms. The van der Waals surface area contributed by atoms with Gasteiger partial charge in [0.25, 0.3) is 0 Å². The number of ether oxygens (including phenoxy) is 2. The van der Waals surface area contributed by atoms with E-state index in [1.54, 1.807) is 0 Å². The average Bonchev–Trinajstić information content (AvgIpc) is 2.41. The molecule has 2 amide bonds. The minimum Gasteiger partial charge on any atom is -0.444 e. The van der Waals surface area contributed by atoms with Crippen molar-refractivity contribution in [2.75, 3.05) is 19.8 Å². The predicted molar refractivity (Wildman–Crippen MR) is 91.0 cm³/mol. The molecule has 0 atom stereocenters. The van der Waals surface area contributed by atoms with Crippen LogP contribution >= 0.6 is 0 Å². The molecular weight excluding hydrogens is 296 g/mol. The van der Waals surface area contributed by atoms with E-state index in [2.05, 4.69) is 23.8 Å². The normalized spacial score (nSPS) is 10.7. The Hall–Kier alpha value is -1.82. The molecule has 2 N–H and O–H groups in total. The highest BCUT2D eigenvalue weighted by Gasteiger charge is 2.15. The fourth-order valence-corrected chi connectivity index (χ4v) is 1.67. The summed E-state index contributed by atoms with van der Waals surface area (Å²) < 4.78 is 10.5. The van der Waals surface area contributed by atoms with Crippen molar-refractivity contribution >= 4 is 12.0 Å². The van der Waals surface area contributed by atoms with Crippen molar-refractivity contribution in [2.24, 2.45) is 0 Å². The summed E-state index contributed by atoms with van der Waals surface area (Å²) in [5.41, 5.74) is 0.558. The van der Waals surface area contributed by atoms with Gasteiger partial charge in [0.15, 0.2) is 0 Å². The summed E-state index contributed by atoms with van der Waals surface area (Å²) in [7, 11) is 0. The molecule has 0 unspecified atom stereocenters. The number of hydrogen-bond acceptors (Lipinski definition) is 4. The second kappa shape index (κ2) is 11.7. The molecule has 0 rings (SSSR count). The van der Waals surface area contributed by atoms with Gasteiger partial charge < -0.3 is 20.1 Å². The fourth-order valence-electron chi connectivity index (χ4n) is 1.67. The van der Waals surface area contributed by atoms with Crippen molar-refractivity contribution in [1.82, 2.24) is 10.6 Å². The minimum absolute atomic E-state index is 0.0303. The van der Waals surface area contributed by atoms with Gasteiger partial charge in [0.05, 0.1) is 13.2 Å². The van der Waals surface area contributed by atoms with Crippen LogP contribution in [0.4, 0.5) is 4.79 Å². The summed E-state index contributed by atoms with van der Waals surface area (Å²) in [5.74, 6) is -0.0303. The van der Waals surface area contributed by atoms with Crippen molar-refractivity contribution in [3.63, 3.8) is 0 Å². The predicted octanol–water partition coefficient (Wildman–Crippen LogP) is 2.90. The highest BCUT2D eigenvalue weighted by Crippen LogP contribution is 2.09. The van der Waals surface area contributed by atoms with E-state index >= 15 is 0 Å². The number of rotatable bonds is 11. The third-order valence-corrected chi connectivity index (χ3v) is 2.71. The van der Waals surface area contributed by atoms with Crippen LogP contribution in [0, 0.1) is 0 Å². The first-order valence-corrected chi connectivity index (χ1v) is 7.86. The van der Waals surface area contributed by atoms with Gasteiger partial charge in [0.1, 0.15) is 5.60 Å². The Morgan fingerprint density at radius 1 is 1.13 bits per heavy atom. The Bertz CT molecular complexity index is 400. The van der Waals surface area contributed by atoms with E-state index in [0.29, 0.717) is 26.2 Å². The van der Waals surface area contributed by atoms with Crippen LogP contribution in [0.2, 0.25) is 0 Å². The van der Waals surface area contributed by atoms with Crippen molar-refractivity contribution in [2.45, 2.75) is 52.1 Å². The molecule has 0 aromatic carbocycles. The van der Waals surface area contributed by atoms with Gasteiger partial charge in [-0.1, -0.05) is 18.7 Å². The SMILES string of the molecule is C=CNC(=O)CCCC(=C)CCOCCNC(=O)OC(C)(C)C. The first-order chi connectivity index (χ1) is 10.7. The second-order valence-electron chi connectivity index (χ2n) is 6.17. The molecule has 0 saturated carbocycles. The van der Waals surface area contributed by atoms with Crippen molar-refractivity contribution in [3.05, 3.63) is 24.9 Å². The van der Waals surface area contributed by atoms with Crippen LogP contribution < -0.4 is 10.6 Å². The molecule has 132 valence electrons. The first-order valence-electron chi connectivity index (χ1n) is 7.86. The number of carbonyl (C=O) groups is 2. The van der Waals surface area contributed by atoms with Crippen LogP contribution in [0.5, 0.6) is 0 Å². The van der Waals surface area contributed by atoms with Gasteiger partial charge in [0, 0.05) is 13.0 Å². The molecule has 6 nitrogen and oxygen atoms in total. The molecule has 0 spiro atoms. The van der Waals surface area contributed by atoms with Gasteiger partial charge in [-0.15, -0.1) is 0 Å². The maximum Gasteiger partial charge on any atom is 0.407 e. The van der Waals surface area contributed by atoms with E-state index < -0.39 is 11.7 Å². The Balaban J connectivity index is 3.50. The fraction of sp³-hybridized carbons (Fsp3) is 0.647. The van der Waals surface area contributed by atoms with Crippen molar-refractivity contribution < 1.29 is 19.1 Å². The van der Waals surface area contributed by atoms with E-state index in [-0.39, 0.29) is 5.91 Å². The standard InChI is InChI=1S/C17H30N2O4/c1-6-18-15(20)9-7-8-14(2)10-12-22-13-11-19-16(21)23-17(3,4)5/h6H,1-2,7-13H2,3-5H3,(H,18,20)(H,19,21). The molecule has 23 heavy (non-hydrogen) atoms. The van der Waals surface area contributed by atoms with Gasteiger partial charge in [-0.3, -0.25) is 4.79 Å². The topological polar surface area (TPSA) is 76.7 Å². The zero-order chi connectivity index (χ0) is 17.7. The van der Waals surface area contributed by atoms with E-state index in [1.165, 1.54) is 6.20 Å². The quantitative estimate of drug-likeness (QED) is 0.452. The molecule has 0 fully saturated rings. The van der Waals surface area contributed by atoms with Crippen molar-refractivity contribution in [3.8, 4) is 0 Å². The number of amides is 2. The second-order valence-corrected chi connectivity index (χ2v) is 6.17. The van der Waals surface area contributed by atoms with Crippen LogP contribution in [-0.2, 0) is 14.3 Å². The monoisotopic (exact) mass is 326 g/mol. The van der Waals surface area contributed by atoms with E-state index in [4.69, 9.17) is 9.47 Å². The van der Waals surface area contributed by atoms with Gasteiger partial charge >= 0.3 is 6.09 Å². The number of hydrogen-bond donors (Lipinski definition) is 2. The first kappa shape index (κ1) is 21.2. The molecule has 0 heterocycles. The van der Waals surface area contributed by atoms with Gasteiger partial charge in [-0.05, 0) is 46.2 Å². The maximum absolute atomic E-state index is 11.4. The van der Waals surface area contributed by atoms with Crippen LogP contribution in [0.1, 0.15) is 46.5 Å². The summed E-state index contributed by atoms with van der Waals surface area (Å²) in [6, 6.07) is 0. The Morgan fingerprint density at radius 3 is 2.43 bits per heavy atom. The zero-order valence-corrected chi connectivity index (χ0v) is 14.6. The van der Waals surface area contributed by atoms with Crippen LogP contribution in [0.25, 0.3) is 0 Å². The van der Waals surface area contributed by atoms with E-state index in [1.807, 2.05) is 20.8 Å². The molecule has 0 bridgehead atoms. The molecule has 0 saturated heterocycles. The number of nitrogens with one attached hydrogen (secondary N) is 2. The molecule has 0 aromatic rings. The van der Waals surface area contributed by atoms with Crippen molar-refractivity contribution in [1.29, 1.82) is 0 Å². The van der Waals surface area contributed by atoms with Crippen LogP contribution in [0.15, 0.2) is 24.9 Å². The largest absolute Gasteiger partial charge is 0.444 e. The van der Waals surface area contributed by atoms with Crippen LogP contribution in [-0.4, -0.2) is 37.4 Å². The lowest BCUT2D eigenvalue weighted by Gasteiger charge is -2.19. The molecule has 0 aliphatic carbocycles. The highest BCUT2D eigenvalue weighted by atomic mass is 16.6. The highest BCUT2D eigenvalue weighted by molar-refractivity contribution is 5.76. The molecule has 0 radical (unpaired) electrons. The summed E-state index contributed by atoms with van der Waals surface area (Å²) in [5, 5.41) is 5.16. The van der Waals surface area contributed by atoms with E-state index in [0.717, 1.165) is 24.8 Å². The average molecular weight is 326 g/mol. The number of carbonyl (C=O) groups excluding carboxylic acids is 2. The third-order valence-electron chi connectivity index (χ3n) is 2.71. The Kier molecular flexibility index (Phi) is 10.8.